The highest BCUT2D eigenvalue weighted by atomic mass is 32.1. The highest BCUT2D eigenvalue weighted by molar-refractivity contribution is 7.25. The van der Waals surface area contributed by atoms with Gasteiger partial charge in [-0.25, -0.2) is 0 Å². The molecule has 0 amide bonds. The summed E-state index contributed by atoms with van der Waals surface area (Å²) in [5.41, 5.74) is 11.0. The summed E-state index contributed by atoms with van der Waals surface area (Å²) in [7, 11) is 0. The van der Waals surface area contributed by atoms with Gasteiger partial charge in [-0.05, 0) is 65.2 Å². The molecular weight excluding hydrogens is 655 g/mol. The van der Waals surface area contributed by atoms with Gasteiger partial charge < -0.3 is 13.7 Å². The minimum atomic E-state index is 0.838. The van der Waals surface area contributed by atoms with E-state index in [1.165, 1.54) is 31.3 Å². The standard InChI is InChI=1S/C48H29NO2S/c1-2-10-31(11-3-1)35-14-8-15-40-41-16-9-17-42(48(41)51-47(35)40)49(34-25-27-37-36-12-4-6-18-43(36)50-44(37)29-34)33-23-20-30(21-24-33)32-22-26-39-38-13-5-7-19-45(38)52-46(39)28-32/h1-29H. The highest BCUT2D eigenvalue weighted by Crippen LogP contribution is 2.45. The molecule has 244 valence electrons. The number of thiophene rings is 1. The predicted octanol–water partition coefficient (Wildman–Crippen LogP) is 14.7. The Balaban J connectivity index is 1.09. The minimum absolute atomic E-state index is 0.838. The van der Waals surface area contributed by atoms with E-state index in [1.54, 1.807) is 0 Å². The molecule has 0 bridgehead atoms. The first-order chi connectivity index (χ1) is 25.8. The summed E-state index contributed by atoms with van der Waals surface area (Å²) in [6.07, 6.45) is 0. The van der Waals surface area contributed by atoms with Gasteiger partial charge in [0.05, 0.1) is 11.4 Å². The number of hydrogen-bond donors (Lipinski definition) is 0. The van der Waals surface area contributed by atoms with Crippen LogP contribution in [0.3, 0.4) is 0 Å². The molecule has 8 aromatic carbocycles. The van der Waals surface area contributed by atoms with Gasteiger partial charge in [-0.1, -0.05) is 121 Å². The van der Waals surface area contributed by atoms with Gasteiger partial charge in [-0.15, -0.1) is 11.3 Å². The summed E-state index contributed by atoms with van der Waals surface area (Å²) in [6, 6.07) is 62.4. The molecule has 0 atom stereocenters. The lowest BCUT2D eigenvalue weighted by Gasteiger charge is -2.25. The molecule has 0 aliphatic rings. The van der Waals surface area contributed by atoms with Gasteiger partial charge in [0.2, 0.25) is 0 Å². The molecule has 11 rings (SSSR count). The normalized spacial score (nSPS) is 11.8. The van der Waals surface area contributed by atoms with E-state index in [4.69, 9.17) is 8.83 Å². The molecule has 0 aliphatic heterocycles. The smallest absolute Gasteiger partial charge is 0.159 e. The number of rotatable bonds is 5. The Bertz CT molecular complexity index is 3130. The summed E-state index contributed by atoms with van der Waals surface area (Å²) in [4.78, 5) is 2.29. The van der Waals surface area contributed by atoms with Gasteiger partial charge >= 0.3 is 0 Å². The Morgan fingerprint density at radius 3 is 1.90 bits per heavy atom. The largest absolute Gasteiger partial charge is 0.456 e. The third kappa shape index (κ3) is 4.51. The Hall–Kier alpha value is -6.62. The van der Waals surface area contributed by atoms with Crippen LogP contribution in [0.15, 0.2) is 185 Å². The molecule has 11 aromatic rings. The average Bonchev–Trinajstić information content (AvgIpc) is 3.90. The molecule has 0 fully saturated rings. The first-order valence-corrected chi connectivity index (χ1v) is 18.3. The average molecular weight is 684 g/mol. The van der Waals surface area contributed by atoms with Crippen molar-refractivity contribution in [3.05, 3.63) is 176 Å². The maximum atomic E-state index is 6.92. The SMILES string of the molecule is c1ccc(-c2cccc3c2oc2c(N(c4ccc(-c5ccc6c(c5)sc5ccccc56)cc4)c4ccc5c(c4)oc4ccccc45)cccc23)cc1. The lowest BCUT2D eigenvalue weighted by atomic mass is 10.0. The zero-order valence-corrected chi connectivity index (χ0v) is 28.7. The van der Waals surface area contributed by atoms with Crippen molar-refractivity contribution in [3.63, 3.8) is 0 Å². The van der Waals surface area contributed by atoms with Crippen molar-refractivity contribution < 1.29 is 8.83 Å². The molecular formula is C48H29NO2S. The van der Waals surface area contributed by atoms with Crippen LogP contribution in [0.1, 0.15) is 0 Å². The molecule has 0 saturated heterocycles. The third-order valence-electron chi connectivity index (χ3n) is 10.3. The van der Waals surface area contributed by atoms with Crippen LogP contribution >= 0.6 is 11.3 Å². The van der Waals surface area contributed by atoms with Gasteiger partial charge in [0.25, 0.3) is 0 Å². The van der Waals surface area contributed by atoms with Crippen LogP contribution in [0.5, 0.6) is 0 Å². The predicted molar refractivity (Wildman–Crippen MR) is 219 cm³/mol. The Morgan fingerprint density at radius 2 is 1.02 bits per heavy atom. The fourth-order valence-electron chi connectivity index (χ4n) is 7.82. The van der Waals surface area contributed by atoms with E-state index >= 15 is 0 Å². The lowest BCUT2D eigenvalue weighted by Crippen LogP contribution is -2.10. The number of anilines is 3. The number of para-hydroxylation sites is 3. The maximum Gasteiger partial charge on any atom is 0.159 e. The van der Waals surface area contributed by atoms with Crippen molar-refractivity contribution in [1.82, 2.24) is 0 Å². The zero-order valence-electron chi connectivity index (χ0n) is 27.9. The molecule has 0 spiro atoms. The van der Waals surface area contributed by atoms with Crippen LogP contribution in [0.25, 0.3) is 86.3 Å². The van der Waals surface area contributed by atoms with E-state index in [2.05, 4.69) is 163 Å². The summed E-state index contributed by atoms with van der Waals surface area (Å²) in [6.45, 7) is 0. The van der Waals surface area contributed by atoms with Crippen molar-refractivity contribution in [2.75, 3.05) is 4.90 Å². The number of benzene rings is 8. The zero-order chi connectivity index (χ0) is 34.2. The summed E-state index contributed by atoms with van der Waals surface area (Å²) in [5.74, 6) is 0. The van der Waals surface area contributed by atoms with Crippen LogP contribution in [0, 0.1) is 0 Å². The summed E-state index contributed by atoms with van der Waals surface area (Å²) in [5, 5.41) is 7.01. The quantitative estimate of drug-likeness (QED) is 0.181. The van der Waals surface area contributed by atoms with Crippen molar-refractivity contribution in [1.29, 1.82) is 0 Å². The number of nitrogens with zero attached hydrogens (tertiary/aromatic N) is 1. The van der Waals surface area contributed by atoms with Gasteiger partial charge in [0, 0.05) is 59.0 Å². The Labute approximate surface area is 303 Å². The number of furan rings is 2. The Morgan fingerprint density at radius 1 is 0.365 bits per heavy atom. The van der Waals surface area contributed by atoms with Crippen molar-refractivity contribution >= 4 is 92.4 Å². The Kier molecular flexibility index (Phi) is 6.42. The van der Waals surface area contributed by atoms with Crippen LogP contribution in [-0.4, -0.2) is 0 Å². The van der Waals surface area contributed by atoms with E-state index < -0.39 is 0 Å². The molecule has 3 heterocycles. The summed E-state index contributed by atoms with van der Waals surface area (Å²) >= 11 is 1.85. The monoisotopic (exact) mass is 683 g/mol. The molecule has 4 heteroatoms. The fourth-order valence-corrected chi connectivity index (χ4v) is 8.96. The van der Waals surface area contributed by atoms with E-state index in [9.17, 15) is 0 Å². The lowest BCUT2D eigenvalue weighted by molar-refractivity contribution is 0.668. The van der Waals surface area contributed by atoms with E-state index in [-0.39, 0.29) is 0 Å². The highest BCUT2D eigenvalue weighted by Gasteiger charge is 2.22. The molecule has 0 N–H and O–H groups in total. The topological polar surface area (TPSA) is 29.5 Å². The number of hydrogen-bond acceptors (Lipinski definition) is 4. The first kappa shape index (κ1) is 29.1. The van der Waals surface area contributed by atoms with Gasteiger partial charge in [-0.2, -0.15) is 0 Å². The van der Waals surface area contributed by atoms with Crippen LogP contribution in [-0.2, 0) is 0 Å². The van der Waals surface area contributed by atoms with Gasteiger partial charge in [0.15, 0.2) is 5.58 Å². The second kappa shape index (κ2) is 11.5. The second-order valence-corrected chi connectivity index (χ2v) is 14.4. The van der Waals surface area contributed by atoms with E-state index in [1.807, 2.05) is 29.5 Å². The van der Waals surface area contributed by atoms with Gasteiger partial charge in [0.1, 0.15) is 16.7 Å². The summed E-state index contributed by atoms with van der Waals surface area (Å²) < 4.78 is 15.9. The molecule has 3 aromatic heterocycles. The third-order valence-corrected chi connectivity index (χ3v) is 11.4. The van der Waals surface area contributed by atoms with Crippen LogP contribution < -0.4 is 4.90 Å². The molecule has 3 nitrogen and oxygen atoms in total. The van der Waals surface area contributed by atoms with E-state index in [0.29, 0.717) is 0 Å². The maximum absolute atomic E-state index is 6.92. The van der Waals surface area contributed by atoms with E-state index in [0.717, 1.165) is 72.1 Å². The molecule has 0 unspecified atom stereocenters. The molecule has 52 heavy (non-hydrogen) atoms. The van der Waals surface area contributed by atoms with Crippen molar-refractivity contribution in [2.24, 2.45) is 0 Å². The fraction of sp³-hybridized carbons (Fsp3) is 0. The number of fused-ring (bicyclic) bond motifs is 9. The van der Waals surface area contributed by atoms with Crippen molar-refractivity contribution in [2.45, 2.75) is 0 Å². The van der Waals surface area contributed by atoms with Gasteiger partial charge in [-0.3, -0.25) is 0 Å². The van der Waals surface area contributed by atoms with Crippen LogP contribution in [0.4, 0.5) is 17.1 Å². The minimum Gasteiger partial charge on any atom is -0.456 e. The first-order valence-electron chi connectivity index (χ1n) is 17.5. The van der Waals surface area contributed by atoms with Crippen LogP contribution in [0.2, 0.25) is 0 Å². The molecule has 0 radical (unpaired) electrons. The second-order valence-electron chi connectivity index (χ2n) is 13.3. The van der Waals surface area contributed by atoms with Crippen molar-refractivity contribution in [3.8, 4) is 22.3 Å². The molecule has 0 aliphatic carbocycles. The molecule has 0 saturated carbocycles.